The molecule has 6 heteroatoms. The van der Waals surface area contributed by atoms with Crippen LogP contribution in [0.2, 0.25) is 0 Å². The van der Waals surface area contributed by atoms with Crippen molar-refractivity contribution in [2.45, 2.75) is 0 Å². The molecule has 0 fully saturated rings. The van der Waals surface area contributed by atoms with Gasteiger partial charge in [-0.1, -0.05) is 0 Å². The molecule has 2 N–H and O–H groups in total. The molecular formula is C8H8BFO4. The van der Waals surface area contributed by atoms with Crippen LogP contribution in [0.1, 0.15) is 10.4 Å². The molecular weight excluding hydrogens is 190 g/mol. The number of hydrogen-bond acceptors (Lipinski definition) is 4. The SMILES string of the molecule is COc1cc(C=O)c(F)c(B(O)O)c1. The van der Waals surface area contributed by atoms with Crippen LogP contribution in [0, 0.1) is 5.82 Å². The maximum absolute atomic E-state index is 13.2. The molecule has 1 rings (SSSR count). The second-order valence-electron chi connectivity index (χ2n) is 2.61. The third-order valence-corrected chi connectivity index (χ3v) is 1.74. The van der Waals surface area contributed by atoms with Crippen LogP contribution in [0.5, 0.6) is 5.75 Å². The molecule has 0 aliphatic heterocycles. The second kappa shape index (κ2) is 4.21. The van der Waals surface area contributed by atoms with Crippen molar-refractivity contribution in [2.75, 3.05) is 7.11 Å². The van der Waals surface area contributed by atoms with Crippen LogP contribution in [-0.2, 0) is 0 Å². The number of benzene rings is 1. The Morgan fingerprint density at radius 2 is 2.14 bits per heavy atom. The number of rotatable bonds is 3. The van der Waals surface area contributed by atoms with Gasteiger partial charge in [0.25, 0.3) is 0 Å². The van der Waals surface area contributed by atoms with Gasteiger partial charge in [-0.15, -0.1) is 0 Å². The highest BCUT2D eigenvalue weighted by Crippen LogP contribution is 2.13. The lowest BCUT2D eigenvalue weighted by atomic mass is 9.79. The summed E-state index contributed by atoms with van der Waals surface area (Å²) in [5, 5.41) is 17.6. The van der Waals surface area contributed by atoms with Crippen molar-refractivity contribution in [3.8, 4) is 5.75 Å². The summed E-state index contributed by atoms with van der Waals surface area (Å²) in [6.07, 6.45) is 0.281. The summed E-state index contributed by atoms with van der Waals surface area (Å²) in [5.74, 6) is -0.757. The first-order valence-corrected chi connectivity index (χ1v) is 3.79. The molecule has 0 heterocycles. The van der Waals surface area contributed by atoms with Crippen LogP contribution < -0.4 is 10.2 Å². The summed E-state index contributed by atoms with van der Waals surface area (Å²) in [7, 11) is -0.640. The van der Waals surface area contributed by atoms with Crippen molar-refractivity contribution in [2.24, 2.45) is 0 Å². The molecule has 4 nitrogen and oxygen atoms in total. The summed E-state index contributed by atoms with van der Waals surface area (Å²) in [5.41, 5.74) is -0.654. The lowest BCUT2D eigenvalue weighted by Gasteiger charge is -2.07. The smallest absolute Gasteiger partial charge is 0.491 e. The zero-order chi connectivity index (χ0) is 10.7. The van der Waals surface area contributed by atoms with Gasteiger partial charge in [0.2, 0.25) is 0 Å². The normalized spacial score (nSPS) is 9.71. The van der Waals surface area contributed by atoms with Crippen molar-refractivity contribution >= 4 is 18.9 Å². The first-order chi connectivity index (χ1) is 6.60. The molecule has 1 aromatic rings. The zero-order valence-corrected chi connectivity index (χ0v) is 7.40. The summed E-state index contributed by atoms with van der Waals surface area (Å²) < 4.78 is 18.0. The fourth-order valence-electron chi connectivity index (χ4n) is 1.03. The first kappa shape index (κ1) is 10.7. The van der Waals surface area contributed by atoms with Crippen molar-refractivity contribution in [1.82, 2.24) is 0 Å². The third-order valence-electron chi connectivity index (χ3n) is 1.74. The topological polar surface area (TPSA) is 66.8 Å². The van der Waals surface area contributed by atoms with E-state index in [9.17, 15) is 9.18 Å². The molecule has 0 saturated carbocycles. The van der Waals surface area contributed by atoms with E-state index in [0.29, 0.717) is 0 Å². The van der Waals surface area contributed by atoms with Crippen molar-refractivity contribution in [1.29, 1.82) is 0 Å². The average molecular weight is 198 g/mol. The van der Waals surface area contributed by atoms with Gasteiger partial charge in [0.15, 0.2) is 6.29 Å². The molecule has 0 spiro atoms. The summed E-state index contributed by atoms with van der Waals surface area (Å²) >= 11 is 0. The lowest BCUT2D eigenvalue weighted by Crippen LogP contribution is -2.33. The number of carbonyl (C=O) groups is 1. The van der Waals surface area contributed by atoms with E-state index in [4.69, 9.17) is 14.8 Å². The molecule has 74 valence electrons. The largest absolute Gasteiger partial charge is 0.497 e. The van der Waals surface area contributed by atoms with Gasteiger partial charge in [0, 0.05) is 5.46 Å². The lowest BCUT2D eigenvalue weighted by molar-refractivity contribution is 0.111. The minimum absolute atomic E-state index is 0.191. The second-order valence-corrected chi connectivity index (χ2v) is 2.61. The van der Waals surface area contributed by atoms with Gasteiger partial charge in [-0.2, -0.15) is 0 Å². The predicted octanol–water partition coefficient (Wildman–Crippen LogP) is -0.673. The Balaban J connectivity index is 3.34. The summed E-state index contributed by atoms with van der Waals surface area (Å²) in [6.45, 7) is 0. The zero-order valence-electron chi connectivity index (χ0n) is 7.40. The van der Waals surface area contributed by atoms with Gasteiger partial charge in [-0.05, 0) is 12.1 Å². The molecule has 0 unspecified atom stereocenters. The van der Waals surface area contributed by atoms with Crippen LogP contribution in [-0.4, -0.2) is 30.6 Å². The quantitative estimate of drug-likeness (QED) is 0.499. The van der Waals surface area contributed by atoms with E-state index in [0.717, 1.165) is 6.07 Å². The van der Waals surface area contributed by atoms with Gasteiger partial charge in [-0.3, -0.25) is 4.79 Å². The molecule has 0 atom stereocenters. The van der Waals surface area contributed by atoms with E-state index in [-0.39, 0.29) is 23.1 Å². The predicted molar refractivity (Wildman–Crippen MR) is 48.2 cm³/mol. The third kappa shape index (κ3) is 1.91. The Hall–Kier alpha value is -1.40. The summed E-state index contributed by atoms with van der Waals surface area (Å²) in [6, 6.07) is 2.29. The van der Waals surface area contributed by atoms with Crippen LogP contribution in [0.3, 0.4) is 0 Å². The number of ether oxygens (including phenoxy) is 1. The minimum atomic E-state index is -1.97. The van der Waals surface area contributed by atoms with Gasteiger partial charge in [-0.25, -0.2) is 4.39 Å². The molecule has 14 heavy (non-hydrogen) atoms. The van der Waals surface area contributed by atoms with Crippen molar-refractivity contribution < 1.29 is 24.0 Å². The highest BCUT2D eigenvalue weighted by atomic mass is 19.1. The Morgan fingerprint density at radius 1 is 1.50 bits per heavy atom. The van der Waals surface area contributed by atoms with E-state index in [1.165, 1.54) is 13.2 Å². The Bertz CT molecular complexity index is 353. The minimum Gasteiger partial charge on any atom is -0.497 e. The van der Waals surface area contributed by atoms with Gasteiger partial charge in [0.05, 0.1) is 12.7 Å². The van der Waals surface area contributed by atoms with Crippen molar-refractivity contribution in [3.63, 3.8) is 0 Å². The van der Waals surface area contributed by atoms with Gasteiger partial charge in [0.1, 0.15) is 11.6 Å². The average Bonchev–Trinajstić information content (AvgIpc) is 2.17. The molecule has 0 aromatic heterocycles. The van der Waals surface area contributed by atoms with E-state index >= 15 is 0 Å². The Labute approximate surface area is 80.1 Å². The van der Waals surface area contributed by atoms with E-state index < -0.39 is 12.9 Å². The number of hydrogen-bond donors (Lipinski definition) is 2. The molecule has 0 aliphatic carbocycles. The Kier molecular flexibility index (Phi) is 3.21. The van der Waals surface area contributed by atoms with Crippen LogP contribution >= 0.6 is 0 Å². The first-order valence-electron chi connectivity index (χ1n) is 3.79. The number of methoxy groups -OCH3 is 1. The number of aldehydes is 1. The molecule has 0 amide bonds. The molecule has 0 aliphatic rings. The van der Waals surface area contributed by atoms with Gasteiger partial charge < -0.3 is 14.8 Å². The maximum atomic E-state index is 13.2. The van der Waals surface area contributed by atoms with Crippen LogP contribution in [0.4, 0.5) is 4.39 Å². The molecule has 0 bridgehead atoms. The molecule has 0 radical (unpaired) electrons. The maximum Gasteiger partial charge on any atom is 0.491 e. The fourth-order valence-corrected chi connectivity index (χ4v) is 1.03. The Morgan fingerprint density at radius 3 is 2.57 bits per heavy atom. The monoisotopic (exact) mass is 198 g/mol. The van der Waals surface area contributed by atoms with E-state index in [1.54, 1.807) is 0 Å². The van der Waals surface area contributed by atoms with E-state index in [1.807, 2.05) is 0 Å². The standard InChI is InChI=1S/C8H8BFO4/c1-14-6-2-5(4-11)8(10)7(3-6)9(12)13/h2-4,12-13H,1H3. The van der Waals surface area contributed by atoms with Crippen molar-refractivity contribution in [3.05, 3.63) is 23.5 Å². The number of halogens is 1. The summed E-state index contributed by atoms with van der Waals surface area (Å²) in [4.78, 5) is 10.4. The highest BCUT2D eigenvalue weighted by molar-refractivity contribution is 6.58. The molecule has 0 saturated heterocycles. The van der Waals surface area contributed by atoms with Crippen LogP contribution in [0.15, 0.2) is 12.1 Å². The number of carbonyl (C=O) groups excluding carboxylic acids is 1. The van der Waals surface area contributed by atoms with E-state index in [2.05, 4.69) is 0 Å². The van der Waals surface area contributed by atoms with Crippen LogP contribution in [0.25, 0.3) is 0 Å². The van der Waals surface area contributed by atoms with Gasteiger partial charge >= 0.3 is 7.12 Å². The highest BCUT2D eigenvalue weighted by Gasteiger charge is 2.20. The molecule has 1 aromatic carbocycles. The fraction of sp³-hybridized carbons (Fsp3) is 0.125.